The summed E-state index contributed by atoms with van der Waals surface area (Å²) < 4.78 is 0. The monoisotopic (exact) mass is 178 g/mol. The van der Waals surface area contributed by atoms with Crippen LogP contribution in [-0.4, -0.2) is 11.0 Å². The maximum absolute atomic E-state index is 4.13. The van der Waals surface area contributed by atoms with E-state index in [9.17, 15) is 0 Å². The van der Waals surface area contributed by atoms with Gasteiger partial charge in [-0.15, -0.1) is 0 Å². The molecule has 0 saturated carbocycles. The van der Waals surface area contributed by atoms with Crippen LogP contribution in [0.15, 0.2) is 18.5 Å². The zero-order valence-electron chi connectivity index (χ0n) is 8.67. The van der Waals surface area contributed by atoms with Crippen molar-refractivity contribution >= 4 is 5.69 Å². The van der Waals surface area contributed by atoms with E-state index in [4.69, 9.17) is 0 Å². The van der Waals surface area contributed by atoms with Crippen molar-refractivity contribution in [3.05, 3.63) is 24.0 Å². The van der Waals surface area contributed by atoms with Crippen LogP contribution < -0.4 is 5.32 Å². The van der Waals surface area contributed by atoms with Gasteiger partial charge in [0.15, 0.2) is 0 Å². The molecule has 2 nitrogen and oxygen atoms in total. The first-order valence-electron chi connectivity index (χ1n) is 4.90. The Labute approximate surface area is 80.4 Å². The molecule has 0 fully saturated rings. The van der Waals surface area contributed by atoms with Gasteiger partial charge in [-0.1, -0.05) is 13.3 Å². The van der Waals surface area contributed by atoms with Crippen molar-refractivity contribution in [2.45, 2.75) is 39.7 Å². The molecule has 1 heterocycles. The molecule has 0 aliphatic rings. The first-order valence-corrected chi connectivity index (χ1v) is 4.90. The molecule has 72 valence electrons. The molecule has 0 aliphatic heterocycles. The molecule has 1 aromatic heterocycles. The fourth-order valence-electron chi connectivity index (χ4n) is 1.42. The number of pyridine rings is 1. The second-order valence-corrected chi connectivity index (χ2v) is 3.59. The summed E-state index contributed by atoms with van der Waals surface area (Å²) >= 11 is 0. The van der Waals surface area contributed by atoms with Gasteiger partial charge in [-0.05, 0) is 31.9 Å². The highest BCUT2D eigenvalue weighted by molar-refractivity contribution is 5.43. The molecule has 1 N–H and O–H groups in total. The van der Waals surface area contributed by atoms with Crippen molar-refractivity contribution in [3.8, 4) is 0 Å². The van der Waals surface area contributed by atoms with Crippen LogP contribution in [0.2, 0.25) is 0 Å². The molecule has 0 bridgehead atoms. The van der Waals surface area contributed by atoms with E-state index in [0.29, 0.717) is 6.04 Å². The summed E-state index contributed by atoms with van der Waals surface area (Å²) in [5.41, 5.74) is 2.33. The second-order valence-electron chi connectivity index (χ2n) is 3.59. The minimum absolute atomic E-state index is 0.536. The van der Waals surface area contributed by atoms with E-state index in [-0.39, 0.29) is 0 Å². The van der Waals surface area contributed by atoms with Crippen molar-refractivity contribution in [1.82, 2.24) is 4.98 Å². The van der Waals surface area contributed by atoms with Gasteiger partial charge < -0.3 is 5.32 Å². The molecular formula is C11H18N2. The highest BCUT2D eigenvalue weighted by Crippen LogP contribution is 2.10. The normalized spacial score (nSPS) is 12.5. The lowest BCUT2D eigenvalue weighted by Gasteiger charge is -2.13. The van der Waals surface area contributed by atoms with Crippen LogP contribution in [0.4, 0.5) is 5.69 Å². The van der Waals surface area contributed by atoms with Crippen LogP contribution >= 0.6 is 0 Å². The van der Waals surface area contributed by atoms with Crippen LogP contribution in [-0.2, 0) is 0 Å². The summed E-state index contributed by atoms with van der Waals surface area (Å²) in [6.45, 7) is 6.46. The summed E-state index contributed by atoms with van der Waals surface area (Å²) in [7, 11) is 0. The Hall–Kier alpha value is -1.05. The van der Waals surface area contributed by atoms with Gasteiger partial charge in [0.25, 0.3) is 0 Å². The van der Waals surface area contributed by atoms with Gasteiger partial charge in [0.1, 0.15) is 0 Å². The van der Waals surface area contributed by atoms with E-state index in [2.05, 4.69) is 37.1 Å². The van der Waals surface area contributed by atoms with E-state index >= 15 is 0 Å². The predicted molar refractivity (Wildman–Crippen MR) is 57.0 cm³/mol. The van der Waals surface area contributed by atoms with E-state index in [0.717, 1.165) is 5.69 Å². The third kappa shape index (κ3) is 3.45. The average Bonchev–Trinajstić information content (AvgIpc) is 2.04. The zero-order valence-corrected chi connectivity index (χ0v) is 8.67. The van der Waals surface area contributed by atoms with Crippen LogP contribution in [0.25, 0.3) is 0 Å². The number of hydrogen-bond donors (Lipinski definition) is 1. The number of rotatable bonds is 4. The SMILES string of the molecule is CCCC(C)Nc1cncc(C)c1. The van der Waals surface area contributed by atoms with Gasteiger partial charge in [0.2, 0.25) is 0 Å². The quantitative estimate of drug-likeness (QED) is 0.766. The lowest BCUT2D eigenvalue weighted by atomic mass is 10.2. The summed E-state index contributed by atoms with van der Waals surface area (Å²) in [6.07, 6.45) is 6.16. The standard InChI is InChI=1S/C11H18N2/c1-4-5-10(3)13-11-6-9(2)7-12-8-11/h6-8,10,13H,4-5H2,1-3H3. The Balaban J connectivity index is 2.53. The minimum Gasteiger partial charge on any atom is -0.381 e. The van der Waals surface area contributed by atoms with Crippen molar-refractivity contribution in [3.63, 3.8) is 0 Å². The first-order chi connectivity index (χ1) is 6.22. The molecule has 0 aromatic carbocycles. The Morgan fingerprint density at radius 3 is 2.85 bits per heavy atom. The van der Waals surface area contributed by atoms with Crippen molar-refractivity contribution < 1.29 is 0 Å². The summed E-state index contributed by atoms with van der Waals surface area (Å²) in [6, 6.07) is 2.66. The Kier molecular flexibility index (Phi) is 3.74. The Morgan fingerprint density at radius 1 is 1.46 bits per heavy atom. The molecule has 1 atom stereocenters. The number of hydrogen-bond acceptors (Lipinski definition) is 2. The van der Waals surface area contributed by atoms with Crippen molar-refractivity contribution in [1.29, 1.82) is 0 Å². The maximum Gasteiger partial charge on any atom is 0.0531 e. The van der Waals surface area contributed by atoms with Gasteiger partial charge in [0, 0.05) is 18.4 Å². The average molecular weight is 178 g/mol. The summed E-state index contributed by atoms with van der Waals surface area (Å²) in [5.74, 6) is 0. The number of aryl methyl sites for hydroxylation is 1. The Morgan fingerprint density at radius 2 is 2.23 bits per heavy atom. The number of anilines is 1. The summed E-state index contributed by atoms with van der Waals surface area (Å²) in [4.78, 5) is 4.13. The smallest absolute Gasteiger partial charge is 0.0531 e. The maximum atomic E-state index is 4.13. The van der Waals surface area contributed by atoms with E-state index in [1.807, 2.05) is 12.4 Å². The van der Waals surface area contributed by atoms with Gasteiger partial charge >= 0.3 is 0 Å². The number of nitrogens with one attached hydrogen (secondary N) is 1. The molecule has 0 saturated heterocycles. The topological polar surface area (TPSA) is 24.9 Å². The number of aromatic nitrogens is 1. The molecule has 1 rings (SSSR count). The first kappa shape index (κ1) is 10.0. The van der Waals surface area contributed by atoms with Crippen molar-refractivity contribution in [2.24, 2.45) is 0 Å². The van der Waals surface area contributed by atoms with E-state index < -0.39 is 0 Å². The molecular weight excluding hydrogens is 160 g/mol. The van der Waals surface area contributed by atoms with Crippen molar-refractivity contribution in [2.75, 3.05) is 5.32 Å². The molecule has 13 heavy (non-hydrogen) atoms. The predicted octanol–water partition coefficient (Wildman–Crippen LogP) is 2.99. The van der Waals surface area contributed by atoms with Crippen LogP contribution in [0.5, 0.6) is 0 Å². The van der Waals surface area contributed by atoms with Crippen LogP contribution in [0.3, 0.4) is 0 Å². The third-order valence-electron chi connectivity index (χ3n) is 2.01. The minimum atomic E-state index is 0.536. The fourth-order valence-corrected chi connectivity index (χ4v) is 1.42. The lowest BCUT2D eigenvalue weighted by Crippen LogP contribution is -2.14. The van der Waals surface area contributed by atoms with Crippen LogP contribution in [0.1, 0.15) is 32.3 Å². The lowest BCUT2D eigenvalue weighted by molar-refractivity contribution is 0.690. The van der Waals surface area contributed by atoms with Gasteiger partial charge in [-0.25, -0.2) is 0 Å². The molecule has 1 unspecified atom stereocenters. The molecule has 0 spiro atoms. The van der Waals surface area contributed by atoms with Crippen LogP contribution in [0, 0.1) is 6.92 Å². The second kappa shape index (κ2) is 4.85. The van der Waals surface area contributed by atoms with E-state index in [1.165, 1.54) is 18.4 Å². The third-order valence-corrected chi connectivity index (χ3v) is 2.01. The van der Waals surface area contributed by atoms with E-state index in [1.54, 1.807) is 0 Å². The zero-order chi connectivity index (χ0) is 9.68. The highest BCUT2D eigenvalue weighted by Gasteiger charge is 1.99. The summed E-state index contributed by atoms with van der Waals surface area (Å²) in [5, 5.41) is 3.42. The molecule has 0 radical (unpaired) electrons. The molecule has 1 aromatic rings. The van der Waals surface area contributed by atoms with Gasteiger partial charge in [-0.3, -0.25) is 4.98 Å². The molecule has 0 aliphatic carbocycles. The molecule has 0 amide bonds. The molecule has 2 heteroatoms. The number of nitrogens with zero attached hydrogens (tertiary/aromatic N) is 1. The Bertz CT molecular complexity index is 258. The fraction of sp³-hybridized carbons (Fsp3) is 0.545. The largest absolute Gasteiger partial charge is 0.381 e. The van der Waals surface area contributed by atoms with Gasteiger partial charge in [0.05, 0.1) is 5.69 Å². The highest BCUT2D eigenvalue weighted by atomic mass is 14.9. The van der Waals surface area contributed by atoms with Gasteiger partial charge in [-0.2, -0.15) is 0 Å².